The minimum Gasteiger partial charge on any atom is -0.507 e. The first-order chi connectivity index (χ1) is 17.1. The smallest absolute Gasteiger partial charge is 0.429 e. The molecule has 0 radical (unpaired) electrons. The second kappa shape index (κ2) is 11.2. The first-order valence-corrected chi connectivity index (χ1v) is 13.1. The largest absolute Gasteiger partial charge is 0.507 e. The number of hydrogen-bond acceptors (Lipinski definition) is 4. The molecule has 7 heteroatoms. The second-order valence-electron chi connectivity index (χ2n) is 12.1. The fraction of sp³-hybridized carbons (Fsp3) is 0.600. The molecular formula is C30H41F3O4. The normalized spacial score (nSPS) is 19.2. The van der Waals surface area contributed by atoms with Crippen molar-refractivity contribution >= 4 is 0 Å². The van der Waals surface area contributed by atoms with Gasteiger partial charge >= 0.3 is 6.11 Å². The van der Waals surface area contributed by atoms with Gasteiger partial charge in [-0.05, 0) is 41.5 Å². The maximum Gasteiger partial charge on any atom is 0.429 e. The predicted molar refractivity (Wildman–Crippen MR) is 139 cm³/mol. The minimum atomic E-state index is -3.94. The molecule has 0 atom stereocenters. The van der Waals surface area contributed by atoms with E-state index in [2.05, 4.69) is 6.92 Å². The fourth-order valence-corrected chi connectivity index (χ4v) is 4.51. The number of halogens is 3. The Morgan fingerprint density at radius 2 is 1.46 bits per heavy atom. The van der Waals surface area contributed by atoms with Crippen molar-refractivity contribution in [3.05, 3.63) is 58.4 Å². The van der Waals surface area contributed by atoms with E-state index in [1.165, 1.54) is 18.2 Å². The molecule has 0 unspecified atom stereocenters. The van der Waals surface area contributed by atoms with Gasteiger partial charge in [0.05, 0.1) is 18.8 Å². The predicted octanol–water partition coefficient (Wildman–Crippen LogP) is 8.50. The van der Waals surface area contributed by atoms with Crippen LogP contribution in [-0.4, -0.2) is 18.3 Å². The second-order valence-corrected chi connectivity index (χ2v) is 12.1. The number of aromatic hydroxyl groups is 1. The topological polar surface area (TPSA) is 47.9 Å². The third-order valence-corrected chi connectivity index (χ3v) is 6.71. The molecule has 37 heavy (non-hydrogen) atoms. The van der Waals surface area contributed by atoms with Gasteiger partial charge in [0.1, 0.15) is 17.3 Å². The zero-order valence-corrected chi connectivity index (χ0v) is 23.1. The summed E-state index contributed by atoms with van der Waals surface area (Å²) in [5, 5.41) is 10.8. The Morgan fingerprint density at radius 3 is 1.95 bits per heavy atom. The van der Waals surface area contributed by atoms with Crippen LogP contribution in [0.2, 0.25) is 0 Å². The van der Waals surface area contributed by atoms with Crippen LogP contribution in [0.1, 0.15) is 103 Å². The van der Waals surface area contributed by atoms with Crippen molar-refractivity contribution < 1.29 is 32.5 Å². The molecule has 1 aliphatic rings. The van der Waals surface area contributed by atoms with Crippen molar-refractivity contribution in [1.29, 1.82) is 0 Å². The Morgan fingerprint density at radius 1 is 0.892 bits per heavy atom. The highest BCUT2D eigenvalue weighted by molar-refractivity contribution is 5.52. The van der Waals surface area contributed by atoms with Crippen LogP contribution in [0.15, 0.2) is 30.3 Å². The molecule has 1 saturated heterocycles. The third-order valence-electron chi connectivity index (χ3n) is 6.71. The zero-order chi connectivity index (χ0) is 27.6. The minimum absolute atomic E-state index is 0.0475. The Bertz CT molecular complexity index is 1030. The number of unbranched alkanes of at least 4 members (excludes halogenated alkanes) is 2. The molecule has 1 N–H and O–H groups in total. The lowest BCUT2D eigenvalue weighted by atomic mass is 9.79. The van der Waals surface area contributed by atoms with E-state index in [-0.39, 0.29) is 17.4 Å². The Kier molecular flexibility index (Phi) is 8.90. The average Bonchev–Trinajstić information content (AvgIpc) is 2.79. The SMILES string of the molecule is CCCCCC1COC(c2ccc(C(F)(F)Oc3cc(C(C)(C)C)c(O)c(C(C)(C)C)c3)c(F)c2)OC1. The van der Waals surface area contributed by atoms with Crippen LogP contribution in [0.4, 0.5) is 13.2 Å². The van der Waals surface area contributed by atoms with Crippen LogP contribution < -0.4 is 4.74 Å². The number of rotatable bonds is 8. The maximum atomic E-state index is 15.2. The molecule has 0 aliphatic carbocycles. The van der Waals surface area contributed by atoms with Gasteiger partial charge in [-0.15, -0.1) is 0 Å². The van der Waals surface area contributed by atoms with Gasteiger partial charge in [-0.25, -0.2) is 4.39 Å². The van der Waals surface area contributed by atoms with Crippen LogP contribution in [0.25, 0.3) is 0 Å². The summed E-state index contributed by atoms with van der Waals surface area (Å²) in [6, 6.07) is 6.21. The molecule has 206 valence electrons. The highest BCUT2D eigenvalue weighted by Crippen LogP contribution is 2.44. The summed E-state index contributed by atoms with van der Waals surface area (Å²) < 4.78 is 62.1. The van der Waals surface area contributed by atoms with E-state index in [9.17, 15) is 9.50 Å². The number of alkyl halides is 2. The molecule has 0 bridgehead atoms. The van der Waals surface area contributed by atoms with Gasteiger partial charge in [-0.2, -0.15) is 8.78 Å². The first kappa shape index (κ1) is 29.3. The lowest BCUT2D eigenvalue weighted by Crippen LogP contribution is -2.28. The van der Waals surface area contributed by atoms with Crippen LogP contribution in [0.3, 0.4) is 0 Å². The summed E-state index contributed by atoms with van der Waals surface area (Å²) in [7, 11) is 0. The zero-order valence-electron chi connectivity index (χ0n) is 23.1. The van der Waals surface area contributed by atoms with Crippen molar-refractivity contribution in [3.8, 4) is 11.5 Å². The molecule has 4 nitrogen and oxygen atoms in total. The van der Waals surface area contributed by atoms with Gasteiger partial charge in [0.15, 0.2) is 6.29 Å². The molecular weight excluding hydrogens is 481 g/mol. The van der Waals surface area contributed by atoms with E-state index >= 15 is 8.78 Å². The van der Waals surface area contributed by atoms with Crippen LogP contribution >= 0.6 is 0 Å². The van der Waals surface area contributed by atoms with Gasteiger partial charge in [-0.3, -0.25) is 0 Å². The van der Waals surface area contributed by atoms with E-state index in [0.29, 0.717) is 29.9 Å². The molecule has 3 rings (SSSR count). The number of ether oxygens (including phenoxy) is 3. The molecule has 0 saturated carbocycles. The summed E-state index contributed by atoms with van der Waals surface area (Å²) >= 11 is 0. The number of phenols is 1. The molecule has 2 aromatic carbocycles. The van der Waals surface area contributed by atoms with Crippen LogP contribution in [0.5, 0.6) is 11.5 Å². The van der Waals surface area contributed by atoms with Crippen molar-refractivity contribution in [3.63, 3.8) is 0 Å². The Balaban J connectivity index is 1.80. The number of phenolic OH excluding ortho intramolecular Hbond substituents is 1. The van der Waals surface area contributed by atoms with Crippen LogP contribution in [0, 0.1) is 11.7 Å². The fourth-order valence-electron chi connectivity index (χ4n) is 4.51. The molecule has 1 aliphatic heterocycles. The first-order valence-electron chi connectivity index (χ1n) is 13.1. The third kappa shape index (κ3) is 7.20. The Labute approximate surface area is 219 Å². The summed E-state index contributed by atoms with van der Waals surface area (Å²) in [6.45, 7) is 14.4. The maximum absolute atomic E-state index is 15.2. The lowest BCUT2D eigenvalue weighted by molar-refractivity contribution is -0.206. The van der Waals surface area contributed by atoms with E-state index in [1.807, 2.05) is 41.5 Å². The number of hydrogen-bond donors (Lipinski definition) is 1. The van der Waals surface area contributed by atoms with E-state index in [1.54, 1.807) is 0 Å². The highest BCUT2D eigenvalue weighted by atomic mass is 19.3. The quantitative estimate of drug-likeness (QED) is 0.353. The molecule has 1 fully saturated rings. The molecule has 0 amide bonds. The summed E-state index contributed by atoms with van der Waals surface area (Å²) in [5.41, 5.74) is -0.644. The standard InChI is InChI=1S/C30H41F3O4/c1-8-9-10-11-19-17-35-27(36-18-19)20-12-13-22(25(31)14-20)30(32,33)37-21-15-23(28(2,3)4)26(34)24(16-21)29(5,6)7/h12-16,19,27,34H,8-11,17-18H2,1-7H3. The van der Waals surface area contributed by atoms with E-state index in [0.717, 1.165) is 37.8 Å². The lowest BCUT2D eigenvalue weighted by Gasteiger charge is -2.30. The molecule has 0 aromatic heterocycles. The molecule has 2 aromatic rings. The molecule has 1 heterocycles. The van der Waals surface area contributed by atoms with Gasteiger partial charge in [-0.1, -0.05) is 73.8 Å². The van der Waals surface area contributed by atoms with Crippen molar-refractivity contribution in [2.24, 2.45) is 5.92 Å². The van der Waals surface area contributed by atoms with Crippen LogP contribution in [-0.2, 0) is 26.4 Å². The molecule has 0 spiro atoms. The summed E-state index contributed by atoms with van der Waals surface area (Å²) in [6.07, 6.45) is -0.333. The van der Waals surface area contributed by atoms with Crippen molar-refractivity contribution in [1.82, 2.24) is 0 Å². The number of benzene rings is 2. The van der Waals surface area contributed by atoms with E-state index in [4.69, 9.17) is 14.2 Å². The summed E-state index contributed by atoms with van der Waals surface area (Å²) in [5.74, 6) is -0.919. The average molecular weight is 523 g/mol. The van der Waals surface area contributed by atoms with E-state index < -0.39 is 34.6 Å². The van der Waals surface area contributed by atoms with Gasteiger partial charge in [0, 0.05) is 22.6 Å². The van der Waals surface area contributed by atoms with Gasteiger partial charge in [0.2, 0.25) is 0 Å². The van der Waals surface area contributed by atoms with Crippen molar-refractivity contribution in [2.75, 3.05) is 13.2 Å². The monoisotopic (exact) mass is 522 g/mol. The summed E-state index contributed by atoms with van der Waals surface area (Å²) in [4.78, 5) is 0. The Hall–Kier alpha value is -2.25. The van der Waals surface area contributed by atoms with Gasteiger partial charge in [0.25, 0.3) is 0 Å². The van der Waals surface area contributed by atoms with Crippen molar-refractivity contribution in [2.45, 2.75) is 97.4 Å². The highest BCUT2D eigenvalue weighted by Gasteiger charge is 2.39. The van der Waals surface area contributed by atoms with Gasteiger partial charge < -0.3 is 19.3 Å².